The van der Waals surface area contributed by atoms with Crippen LogP contribution in [0.15, 0.2) is 53.7 Å². The number of carbonyl (C=O) groups excluding carboxylic acids is 1. The molecule has 0 aliphatic rings. The highest BCUT2D eigenvalue weighted by molar-refractivity contribution is 7.99. The van der Waals surface area contributed by atoms with Gasteiger partial charge in [0.15, 0.2) is 12.3 Å². The SMILES string of the molecule is CCOC(SC)C(C)C(=O)Nc1cccc(CO/N=C(/c2ccccc2)c2nnnn2C)n1. The topological polar surface area (TPSA) is 116 Å². The van der Waals surface area contributed by atoms with E-state index in [1.54, 1.807) is 25.2 Å². The van der Waals surface area contributed by atoms with Gasteiger partial charge >= 0.3 is 0 Å². The number of thioether (sulfide) groups is 1. The Morgan fingerprint density at radius 3 is 2.67 bits per heavy atom. The summed E-state index contributed by atoms with van der Waals surface area (Å²) in [7, 11) is 1.73. The lowest BCUT2D eigenvalue weighted by Gasteiger charge is -2.21. The average molecular weight is 470 g/mol. The van der Waals surface area contributed by atoms with Crippen LogP contribution in [0.1, 0.15) is 30.9 Å². The van der Waals surface area contributed by atoms with Crippen molar-refractivity contribution in [2.75, 3.05) is 18.2 Å². The van der Waals surface area contributed by atoms with Crippen molar-refractivity contribution in [3.63, 3.8) is 0 Å². The first kappa shape index (κ1) is 24.3. The Balaban J connectivity index is 1.69. The molecule has 10 nitrogen and oxygen atoms in total. The molecule has 0 spiro atoms. The summed E-state index contributed by atoms with van der Waals surface area (Å²) in [5.41, 5.74) is 1.71. The molecule has 3 aromatic rings. The van der Waals surface area contributed by atoms with Gasteiger partial charge in [0.05, 0.1) is 11.6 Å². The molecule has 3 rings (SSSR count). The normalized spacial score (nSPS) is 13.4. The monoisotopic (exact) mass is 469 g/mol. The van der Waals surface area contributed by atoms with Crippen LogP contribution >= 0.6 is 11.8 Å². The number of rotatable bonds is 11. The summed E-state index contributed by atoms with van der Waals surface area (Å²) < 4.78 is 7.14. The molecule has 11 heteroatoms. The molecular formula is C22H27N7O3S. The predicted octanol–water partition coefficient (Wildman–Crippen LogP) is 2.87. The number of tetrazole rings is 1. The number of hydrogen-bond donors (Lipinski definition) is 1. The maximum atomic E-state index is 12.6. The van der Waals surface area contributed by atoms with Crippen LogP contribution in [0.3, 0.4) is 0 Å². The van der Waals surface area contributed by atoms with Gasteiger partial charge in [-0.3, -0.25) is 4.79 Å². The number of pyridine rings is 1. The van der Waals surface area contributed by atoms with Gasteiger partial charge in [-0.15, -0.1) is 16.9 Å². The molecule has 1 amide bonds. The molecule has 0 saturated heterocycles. The Bertz CT molecular complexity index is 1070. The number of hydrogen-bond acceptors (Lipinski definition) is 9. The lowest BCUT2D eigenvalue weighted by atomic mass is 10.1. The molecule has 0 aliphatic heterocycles. The second-order valence-electron chi connectivity index (χ2n) is 7.06. The van der Waals surface area contributed by atoms with E-state index >= 15 is 0 Å². The van der Waals surface area contributed by atoms with Crippen molar-refractivity contribution in [3.8, 4) is 0 Å². The fraction of sp³-hybridized carbons (Fsp3) is 0.364. The van der Waals surface area contributed by atoms with E-state index in [-0.39, 0.29) is 23.9 Å². The van der Waals surface area contributed by atoms with Gasteiger partial charge in [0.1, 0.15) is 11.3 Å². The van der Waals surface area contributed by atoms with Crippen LogP contribution in [0.4, 0.5) is 5.82 Å². The van der Waals surface area contributed by atoms with Crippen LogP contribution in [0, 0.1) is 5.92 Å². The molecule has 2 atom stereocenters. The Morgan fingerprint density at radius 2 is 2.00 bits per heavy atom. The minimum absolute atomic E-state index is 0.104. The molecule has 0 fully saturated rings. The minimum Gasteiger partial charge on any atom is -0.389 e. The molecule has 2 unspecified atom stereocenters. The summed E-state index contributed by atoms with van der Waals surface area (Å²) in [6.45, 7) is 4.39. The largest absolute Gasteiger partial charge is 0.389 e. The van der Waals surface area contributed by atoms with Gasteiger partial charge < -0.3 is 14.9 Å². The van der Waals surface area contributed by atoms with Gasteiger partial charge in [-0.2, -0.15) is 0 Å². The third-order valence-electron chi connectivity index (χ3n) is 4.69. The number of ether oxygens (including phenoxy) is 1. The van der Waals surface area contributed by atoms with E-state index in [0.717, 1.165) is 5.56 Å². The second kappa shape index (κ2) is 12.1. The van der Waals surface area contributed by atoms with Crippen LogP contribution in [-0.4, -0.2) is 55.1 Å². The zero-order chi connectivity index (χ0) is 23.6. The predicted molar refractivity (Wildman–Crippen MR) is 127 cm³/mol. The maximum absolute atomic E-state index is 12.6. The fourth-order valence-electron chi connectivity index (χ4n) is 2.99. The molecule has 2 heterocycles. The number of nitrogens with zero attached hydrogens (tertiary/aromatic N) is 6. The van der Waals surface area contributed by atoms with Crippen LogP contribution in [0.25, 0.3) is 0 Å². The third kappa shape index (κ3) is 6.59. The second-order valence-corrected chi connectivity index (χ2v) is 7.99. The highest BCUT2D eigenvalue weighted by atomic mass is 32.2. The van der Waals surface area contributed by atoms with E-state index in [0.29, 0.717) is 29.7 Å². The summed E-state index contributed by atoms with van der Waals surface area (Å²) >= 11 is 1.50. The van der Waals surface area contributed by atoms with E-state index in [1.165, 1.54) is 16.4 Å². The Labute approximate surface area is 196 Å². The van der Waals surface area contributed by atoms with Crippen molar-refractivity contribution in [3.05, 3.63) is 65.6 Å². The number of amides is 1. The first-order valence-corrected chi connectivity index (χ1v) is 11.7. The minimum atomic E-state index is -0.334. The molecule has 1 aromatic carbocycles. The quantitative estimate of drug-likeness (QED) is 0.259. The summed E-state index contributed by atoms with van der Waals surface area (Å²) in [5, 5.41) is 18.7. The zero-order valence-corrected chi connectivity index (χ0v) is 19.8. The number of aryl methyl sites for hydroxylation is 1. The Morgan fingerprint density at radius 1 is 1.21 bits per heavy atom. The maximum Gasteiger partial charge on any atom is 0.231 e. The smallest absolute Gasteiger partial charge is 0.231 e. The Hall–Kier alpha value is -3.31. The molecule has 0 radical (unpaired) electrons. The molecule has 174 valence electrons. The van der Waals surface area contributed by atoms with Crippen LogP contribution < -0.4 is 5.32 Å². The number of oxime groups is 1. The van der Waals surface area contributed by atoms with E-state index in [1.807, 2.05) is 50.4 Å². The number of anilines is 1. The standard InChI is InChI=1S/C22H27N7O3S/c1-5-31-22(33-4)15(2)21(30)24-18-13-9-12-17(23-18)14-32-26-19(16-10-7-6-8-11-16)20-25-27-28-29(20)3/h6-13,15,22H,5,14H2,1-4H3,(H,23,24,30)/b26-19-. The molecule has 0 bridgehead atoms. The number of carbonyl (C=O) groups is 1. The Kier molecular flexibility index (Phi) is 8.90. The van der Waals surface area contributed by atoms with Gasteiger partial charge in [0.2, 0.25) is 11.7 Å². The fourth-order valence-corrected chi connectivity index (χ4v) is 3.79. The van der Waals surface area contributed by atoms with Gasteiger partial charge in [0, 0.05) is 19.2 Å². The van der Waals surface area contributed by atoms with Crippen molar-refractivity contribution in [2.45, 2.75) is 25.9 Å². The molecule has 33 heavy (non-hydrogen) atoms. The van der Waals surface area contributed by atoms with E-state index < -0.39 is 0 Å². The summed E-state index contributed by atoms with van der Waals surface area (Å²) in [4.78, 5) is 22.7. The van der Waals surface area contributed by atoms with Crippen LogP contribution in [0.2, 0.25) is 0 Å². The van der Waals surface area contributed by atoms with Crippen molar-refractivity contribution < 1.29 is 14.4 Å². The first-order chi connectivity index (χ1) is 16.0. The molecular weight excluding hydrogens is 442 g/mol. The van der Waals surface area contributed by atoms with E-state index in [2.05, 4.69) is 31.0 Å². The van der Waals surface area contributed by atoms with Crippen molar-refractivity contribution in [1.29, 1.82) is 0 Å². The molecule has 1 N–H and O–H groups in total. The van der Waals surface area contributed by atoms with Crippen LogP contribution in [-0.2, 0) is 28.0 Å². The number of aromatic nitrogens is 5. The molecule has 0 saturated carbocycles. The third-order valence-corrected chi connectivity index (χ3v) is 5.70. The van der Waals surface area contributed by atoms with Crippen LogP contribution in [0.5, 0.6) is 0 Å². The van der Waals surface area contributed by atoms with Gasteiger partial charge in [-0.05, 0) is 35.7 Å². The van der Waals surface area contributed by atoms with Gasteiger partial charge in [0.25, 0.3) is 0 Å². The van der Waals surface area contributed by atoms with E-state index in [9.17, 15) is 4.79 Å². The van der Waals surface area contributed by atoms with Crippen molar-refractivity contribution >= 4 is 29.2 Å². The number of nitrogens with one attached hydrogen (secondary N) is 1. The summed E-state index contributed by atoms with van der Waals surface area (Å²) in [6.07, 6.45) is 1.92. The zero-order valence-electron chi connectivity index (χ0n) is 19.0. The molecule has 0 aliphatic carbocycles. The molecule has 2 aromatic heterocycles. The lowest BCUT2D eigenvalue weighted by molar-refractivity contribution is -0.121. The highest BCUT2D eigenvalue weighted by Crippen LogP contribution is 2.20. The van der Waals surface area contributed by atoms with Crippen molar-refractivity contribution in [2.24, 2.45) is 18.1 Å². The van der Waals surface area contributed by atoms with Gasteiger partial charge in [-0.25, -0.2) is 9.67 Å². The average Bonchev–Trinajstić information content (AvgIpc) is 3.26. The highest BCUT2D eigenvalue weighted by Gasteiger charge is 2.24. The van der Waals surface area contributed by atoms with Gasteiger partial charge in [-0.1, -0.05) is 48.5 Å². The number of benzene rings is 1. The van der Waals surface area contributed by atoms with E-state index in [4.69, 9.17) is 9.57 Å². The summed E-state index contributed by atoms with van der Waals surface area (Å²) in [6, 6.07) is 14.8. The first-order valence-electron chi connectivity index (χ1n) is 10.4. The summed E-state index contributed by atoms with van der Waals surface area (Å²) in [5.74, 6) is 0.420. The lowest BCUT2D eigenvalue weighted by Crippen LogP contribution is -2.30. The van der Waals surface area contributed by atoms with Crippen molar-refractivity contribution in [1.82, 2.24) is 25.2 Å².